The van der Waals surface area contributed by atoms with Gasteiger partial charge in [0.25, 0.3) is 5.91 Å². The minimum absolute atomic E-state index is 0.0791. The summed E-state index contributed by atoms with van der Waals surface area (Å²) in [7, 11) is 0. The standard InChI is InChI=1S/C17H21N3O7S/c21-13(19-12(9-28)16(25)18-8-14(22)23)7-6-11(17(26)27)20-15(24)10-4-2-1-3-5-10/h1-5,11-12,28H,6-9H2,(H,18,25)(H,19,21)(H,20,24)(H,22,23)(H,26,27)/t11-,12-/m0/s1. The number of carbonyl (C=O) groups excluding carboxylic acids is 3. The van der Waals surface area contributed by atoms with E-state index >= 15 is 0 Å². The van der Waals surface area contributed by atoms with Crippen molar-refractivity contribution in [1.29, 1.82) is 0 Å². The fourth-order valence-corrected chi connectivity index (χ4v) is 2.37. The SMILES string of the molecule is O=C(O)CNC(=O)[C@H](CS)NC(=O)CC[C@H](NC(=O)c1ccccc1)C(=O)O. The number of benzene rings is 1. The van der Waals surface area contributed by atoms with Crippen molar-refractivity contribution in [2.45, 2.75) is 24.9 Å². The van der Waals surface area contributed by atoms with Crippen LogP contribution in [0.3, 0.4) is 0 Å². The van der Waals surface area contributed by atoms with Gasteiger partial charge in [-0.2, -0.15) is 12.6 Å². The summed E-state index contributed by atoms with van der Waals surface area (Å²) in [4.78, 5) is 57.6. The fourth-order valence-electron chi connectivity index (χ4n) is 2.11. The molecule has 0 aliphatic heterocycles. The molecule has 0 spiro atoms. The minimum Gasteiger partial charge on any atom is -0.480 e. The number of carboxylic acid groups (broad SMARTS) is 2. The molecule has 0 aliphatic rings. The maximum Gasteiger partial charge on any atom is 0.326 e. The Morgan fingerprint density at radius 3 is 2.14 bits per heavy atom. The molecular formula is C17H21N3O7S. The van der Waals surface area contributed by atoms with E-state index < -0.39 is 48.3 Å². The van der Waals surface area contributed by atoms with Gasteiger partial charge < -0.3 is 26.2 Å². The Hall–Kier alpha value is -3.08. The monoisotopic (exact) mass is 411 g/mol. The third-order valence-electron chi connectivity index (χ3n) is 3.55. The molecule has 11 heteroatoms. The average molecular weight is 411 g/mol. The zero-order valence-electron chi connectivity index (χ0n) is 14.8. The van der Waals surface area contributed by atoms with Gasteiger partial charge >= 0.3 is 11.9 Å². The molecular weight excluding hydrogens is 390 g/mol. The van der Waals surface area contributed by atoms with Crippen molar-refractivity contribution >= 4 is 42.3 Å². The van der Waals surface area contributed by atoms with Crippen LogP contribution in [0.4, 0.5) is 0 Å². The Labute approximate surface area is 166 Å². The van der Waals surface area contributed by atoms with Gasteiger partial charge in [-0.15, -0.1) is 0 Å². The zero-order chi connectivity index (χ0) is 21.1. The van der Waals surface area contributed by atoms with Crippen LogP contribution in [0.1, 0.15) is 23.2 Å². The molecule has 5 N–H and O–H groups in total. The summed E-state index contributed by atoms with van der Waals surface area (Å²) in [5.74, 6) is -4.57. The smallest absolute Gasteiger partial charge is 0.326 e. The molecule has 1 aromatic rings. The van der Waals surface area contributed by atoms with E-state index in [1.54, 1.807) is 18.2 Å². The first-order chi connectivity index (χ1) is 13.2. The van der Waals surface area contributed by atoms with Crippen molar-refractivity contribution in [2.75, 3.05) is 12.3 Å². The van der Waals surface area contributed by atoms with Gasteiger partial charge in [0, 0.05) is 17.7 Å². The van der Waals surface area contributed by atoms with Gasteiger partial charge in [-0.1, -0.05) is 18.2 Å². The fraction of sp³-hybridized carbons (Fsp3) is 0.353. The summed E-state index contributed by atoms with van der Waals surface area (Å²) in [5.41, 5.74) is 0.281. The van der Waals surface area contributed by atoms with Gasteiger partial charge in [0.15, 0.2) is 0 Å². The maximum atomic E-state index is 12.1. The second kappa shape index (κ2) is 11.6. The molecule has 0 aromatic heterocycles. The number of aliphatic carboxylic acids is 2. The van der Waals surface area contributed by atoms with E-state index in [2.05, 4.69) is 28.6 Å². The lowest BCUT2D eigenvalue weighted by Crippen LogP contribution is -2.49. The van der Waals surface area contributed by atoms with Crippen LogP contribution in [-0.4, -0.2) is 64.3 Å². The van der Waals surface area contributed by atoms with Gasteiger partial charge in [-0.3, -0.25) is 19.2 Å². The highest BCUT2D eigenvalue weighted by atomic mass is 32.1. The first-order valence-corrected chi connectivity index (χ1v) is 8.86. The second-order valence-corrected chi connectivity index (χ2v) is 6.05. The van der Waals surface area contributed by atoms with Crippen molar-refractivity contribution in [3.8, 4) is 0 Å². The molecule has 10 nitrogen and oxygen atoms in total. The lowest BCUT2D eigenvalue weighted by molar-refractivity contribution is -0.139. The van der Waals surface area contributed by atoms with Crippen LogP contribution in [0, 0.1) is 0 Å². The molecule has 0 unspecified atom stereocenters. The molecule has 0 saturated carbocycles. The summed E-state index contributed by atoms with van der Waals surface area (Å²) >= 11 is 3.93. The quantitative estimate of drug-likeness (QED) is 0.261. The largest absolute Gasteiger partial charge is 0.480 e. The van der Waals surface area contributed by atoms with E-state index in [4.69, 9.17) is 5.11 Å². The Balaban J connectivity index is 2.56. The number of amides is 3. The molecule has 152 valence electrons. The Morgan fingerprint density at radius 2 is 1.61 bits per heavy atom. The molecule has 2 atom stereocenters. The molecule has 0 saturated heterocycles. The molecule has 0 heterocycles. The van der Waals surface area contributed by atoms with Crippen molar-refractivity contribution in [3.63, 3.8) is 0 Å². The van der Waals surface area contributed by atoms with Crippen molar-refractivity contribution < 1.29 is 34.2 Å². The highest BCUT2D eigenvalue weighted by molar-refractivity contribution is 7.80. The van der Waals surface area contributed by atoms with E-state index in [1.165, 1.54) is 12.1 Å². The Kier molecular flexibility index (Phi) is 9.51. The van der Waals surface area contributed by atoms with Gasteiger partial charge in [-0.05, 0) is 18.6 Å². The first-order valence-electron chi connectivity index (χ1n) is 8.23. The predicted molar refractivity (Wildman–Crippen MR) is 101 cm³/mol. The second-order valence-electron chi connectivity index (χ2n) is 5.68. The number of nitrogens with one attached hydrogen (secondary N) is 3. The lowest BCUT2D eigenvalue weighted by atomic mass is 10.1. The third kappa shape index (κ3) is 8.08. The average Bonchev–Trinajstić information content (AvgIpc) is 2.67. The van der Waals surface area contributed by atoms with Crippen molar-refractivity contribution in [2.24, 2.45) is 0 Å². The Bertz CT molecular complexity index is 727. The normalized spacial score (nSPS) is 12.3. The van der Waals surface area contributed by atoms with E-state index in [-0.39, 0.29) is 24.2 Å². The van der Waals surface area contributed by atoms with Crippen LogP contribution >= 0.6 is 12.6 Å². The zero-order valence-corrected chi connectivity index (χ0v) is 15.6. The van der Waals surface area contributed by atoms with E-state index in [9.17, 15) is 29.1 Å². The maximum absolute atomic E-state index is 12.1. The predicted octanol–water partition coefficient (Wildman–Crippen LogP) is -0.735. The highest BCUT2D eigenvalue weighted by Crippen LogP contribution is 2.03. The molecule has 0 aliphatic carbocycles. The van der Waals surface area contributed by atoms with Crippen LogP contribution in [0.25, 0.3) is 0 Å². The third-order valence-corrected chi connectivity index (χ3v) is 3.91. The first kappa shape index (κ1) is 23.0. The molecule has 0 fully saturated rings. The molecule has 1 aromatic carbocycles. The van der Waals surface area contributed by atoms with Crippen molar-refractivity contribution in [1.82, 2.24) is 16.0 Å². The number of thiol groups is 1. The molecule has 3 amide bonds. The summed E-state index contributed by atoms with van der Waals surface area (Å²) in [5, 5.41) is 24.6. The van der Waals surface area contributed by atoms with E-state index in [0.29, 0.717) is 0 Å². The van der Waals surface area contributed by atoms with Gasteiger partial charge in [0.1, 0.15) is 18.6 Å². The van der Waals surface area contributed by atoms with E-state index in [1.807, 2.05) is 0 Å². The number of hydrogen-bond acceptors (Lipinski definition) is 6. The summed E-state index contributed by atoms with van der Waals surface area (Å²) in [6, 6.07) is 5.64. The van der Waals surface area contributed by atoms with E-state index in [0.717, 1.165) is 0 Å². The van der Waals surface area contributed by atoms with Gasteiger partial charge in [-0.25, -0.2) is 4.79 Å². The van der Waals surface area contributed by atoms with Gasteiger partial charge in [0.05, 0.1) is 0 Å². The number of hydrogen-bond donors (Lipinski definition) is 6. The van der Waals surface area contributed by atoms with Crippen LogP contribution in [-0.2, 0) is 19.2 Å². The number of carboxylic acids is 2. The number of rotatable bonds is 11. The Morgan fingerprint density at radius 1 is 0.964 bits per heavy atom. The molecule has 0 radical (unpaired) electrons. The molecule has 1 rings (SSSR count). The topological polar surface area (TPSA) is 162 Å². The lowest BCUT2D eigenvalue weighted by Gasteiger charge is -2.17. The van der Waals surface area contributed by atoms with Crippen LogP contribution in [0.5, 0.6) is 0 Å². The molecule has 0 bridgehead atoms. The van der Waals surface area contributed by atoms with Crippen LogP contribution in [0.15, 0.2) is 30.3 Å². The number of carbonyl (C=O) groups is 5. The summed E-state index contributed by atoms with van der Waals surface area (Å²) < 4.78 is 0. The van der Waals surface area contributed by atoms with Gasteiger partial charge in [0.2, 0.25) is 11.8 Å². The van der Waals surface area contributed by atoms with Crippen molar-refractivity contribution in [3.05, 3.63) is 35.9 Å². The highest BCUT2D eigenvalue weighted by Gasteiger charge is 2.24. The summed E-state index contributed by atoms with van der Waals surface area (Å²) in [6.45, 7) is -0.606. The van der Waals surface area contributed by atoms with Crippen LogP contribution in [0.2, 0.25) is 0 Å². The minimum atomic E-state index is -1.30. The molecule has 28 heavy (non-hydrogen) atoms. The van der Waals surface area contributed by atoms with Crippen LogP contribution < -0.4 is 16.0 Å². The summed E-state index contributed by atoms with van der Waals surface area (Å²) in [6.07, 6.45) is -0.474.